The number of para-hydroxylation sites is 1. The molecule has 0 fully saturated rings. The van der Waals surface area contributed by atoms with Crippen molar-refractivity contribution in [2.45, 2.75) is 12.0 Å². The lowest BCUT2D eigenvalue weighted by Crippen LogP contribution is -2.44. The summed E-state index contributed by atoms with van der Waals surface area (Å²) in [5.74, 6) is -0.496. The maximum atomic E-state index is 13.3. The third-order valence-corrected chi connectivity index (χ3v) is 5.19. The Labute approximate surface area is 176 Å². The Kier molecular flexibility index (Phi) is 4.97. The van der Waals surface area contributed by atoms with E-state index in [2.05, 4.69) is 5.32 Å². The molecule has 0 bridgehead atoms. The molecule has 1 aromatic heterocycles. The highest BCUT2D eigenvalue weighted by Crippen LogP contribution is 2.42. The van der Waals surface area contributed by atoms with Crippen LogP contribution in [0.25, 0.3) is 16.7 Å². The number of fused-ring (bicyclic) bond motifs is 2. The minimum atomic E-state index is -2.36. The van der Waals surface area contributed by atoms with Gasteiger partial charge < -0.3 is 24.3 Å². The number of carbonyl (C=O) groups is 1. The van der Waals surface area contributed by atoms with Crippen molar-refractivity contribution in [2.24, 2.45) is 0 Å². The lowest BCUT2D eigenvalue weighted by molar-refractivity contribution is -0.163. The fourth-order valence-electron chi connectivity index (χ4n) is 3.65. The predicted molar refractivity (Wildman–Crippen MR) is 112 cm³/mol. The van der Waals surface area contributed by atoms with Crippen LogP contribution in [0.3, 0.4) is 0 Å². The van der Waals surface area contributed by atoms with E-state index >= 15 is 0 Å². The van der Waals surface area contributed by atoms with Crippen molar-refractivity contribution in [3.8, 4) is 11.8 Å². The second-order valence-electron chi connectivity index (χ2n) is 6.98. The number of esters is 1. The summed E-state index contributed by atoms with van der Waals surface area (Å²) in [6, 6.07) is 15.4. The summed E-state index contributed by atoms with van der Waals surface area (Å²) in [6.07, 6.45) is -0.440. The Bertz CT molecular complexity index is 1320. The molecule has 3 aromatic rings. The Morgan fingerprint density at radius 3 is 2.55 bits per heavy atom. The standard InChI is InChI=1S/C23H18N2O6/c1-29-15-9-7-14(8-10-15)25-19-13(12-24)11-23(28,22(27)30-2)18-20(26)16-5-3-4-6-17(16)31-21(18)19/h3-10,25,28H,11H2,1-2H3. The van der Waals surface area contributed by atoms with Crippen molar-refractivity contribution in [1.29, 1.82) is 5.26 Å². The molecule has 0 radical (unpaired) electrons. The molecule has 4 rings (SSSR count). The summed E-state index contributed by atoms with van der Waals surface area (Å²) < 4.78 is 15.9. The van der Waals surface area contributed by atoms with Gasteiger partial charge in [0.05, 0.1) is 42.5 Å². The number of aliphatic hydroxyl groups is 1. The van der Waals surface area contributed by atoms with E-state index in [1.807, 2.05) is 6.07 Å². The number of ether oxygens (including phenoxy) is 2. The molecule has 0 spiro atoms. The number of carbonyl (C=O) groups excluding carboxylic acids is 1. The molecule has 8 heteroatoms. The largest absolute Gasteiger partial charge is 0.497 e. The number of nitrogens with one attached hydrogen (secondary N) is 1. The van der Waals surface area contributed by atoms with E-state index in [-0.39, 0.29) is 33.6 Å². The van der Waals surface area contributed by atoms with E-state index in [4.69, 9.17) is 13.9 Å². The fraction of sp³-hybridized carbons (Fsp3) is 0.174. The first-order chi connectivity index (χ1) is 14.9. The highest BCUT2D eigenvalue weighted by molar-refractivity contribution is 5.93. The first-order valence-corrected chi connectivity index (χ1v) is 9.34. The van der Waals surface area contributed by atoms with E-state index in [0.29, 0.717) is 11.4 Å². The Hall–Kier alpha value is -4.09. The van der Waals surface area contributed by atoms with Gasteiger partial charge in [-0.25, -0.2) is 4.79 Å². The smallest absolute Gasteiger partial charge is 0.343 e. The van der Waals surface area contributed by atoms with Crippen LogP contribution in [0.5, 0.6) is 5.75 Å². The minimum Gasteiger partial charge on any atom is -0.497 e. The van der Waals surface area contributed by atoms with Crippen molar-refractivity contribution in [3.05, 3.63) is 75.7 Å². The maximum absolute atomic E-state index is 13.3. The maximum Gasteiger partial charge on any atom is 0.343 e. The van der Waals surface area contributed by atoms with Crippen LogP contribution in [0.15, 0.2) is 63.3 Å². The molecule has 0 saturated heterocycles. The fourth-order valence-corrected chi connectivity index (χ4v) is 3.65. The van der Waals surface area contributed by atoms with Crippen LogP contribution >= 0.6 is 0 Å². The molecule has 8 nitrogen and oxygen atoms in total. The number of benzene rings is 2. The van der Waals surface area contributed by atoms with Gasteiger partial charge in [-0.15, -0.1) is 0 Å². The van der Waals surface area contributed by atoms with Gasteiger partial charge in [-0.3, -0.25) is 4.79 Å². The van der Waals surface area contributed by atoms with E-state index < -0.39 is 23.4 Å². The number of nitriles is 1. The van der Waals surface area contributed by atoms with E-state index in [0.717, 1.165) is 7.11 Å². The summed E-state index contributed by atoms with van der Waals surface area (Å²) in [5.41, 5.74) is -2.12. The van der Waals surface area contributed by atoms with Crippen molar-refractivity contribution in [1.82, 2.24) is 0 Å². The zero-order valence-electron chi connectivity index (χ0n) is 16.8. The summed E-state index contributed by atoms with van der Waals surface area (Å²) >= 11 is 0. The van der Waals surface area contributed by atoms with Gasteiger partial charge >= 0.3 is 5.97 Å². The zero-order chi connectivity index (χ0) is 22.2. The normalized spacial score (nSPS) is 17.6. The molecule has 1 aliphatic carbocycles. The Morgan fingerprint density at radius 2 is 1.90 bits per heavy atom. The number of nitrogens with zero attached hydrogens (tertiary/aromatic N) is 1. The number of hydrogen-bond donors (Lipinski definition) is 2. The van der Waals surface area contributed by atoms with Crippen molar-refractivity contribution in [3.63, 3.8) is 0 Å². The van der Waals surface area contributed by atoms with Gasteiger partial charge in [0.25, 0.3) is 0 Å². The molecule has 0 aliphatic heterocycles. The molecule has 0 saturated carbocycles. The molecule has 1 atom stereocenters. The van der Waals surface area contributed by atoms with Gasteiger partial charge in [0.15, 0.2) is 16.8 Å². The molecule has 1 unspecified atom stereocenters. The SMILES string of the molecule is COC(=O)C1(O)CC(C#N)=C(Nc2ccc(OC)cc2)c2oc3ccccc3c(=O)c21. The molecule has 1 heterocycles. The van der Waals surface area contributed by atoms with Gasteiger partial charge in [-0.2, -0.15) is 5.26 Å². The first-order valence-electron chi connectivity index (χ1n) is 9.34. The Morgan fingerprint density at radius 1 is 1.19 bits per heavy atom. The van der Waals surface area contributed by atoms with Gasteiger partial charge in [0.1, 0.15) is 11.3 Å². The van der Waals surface area contributed by atoms with E-state index in [9.17, 15) is 20.0 Å². The van der Waals surface area contributed by atoms with Crippen LogP contribution in [0.2, 0.25) is 0 Å². The highest BCUT2D eigenvalue weighted by atomic mass is 16.5. The first kappa shape index (κ1) is 20.2. The molecule has 2 N–H and O–H groups in total. The molecule has 0 amide bonds. The van der Waals surface area contributed by atoms with Gasteiger partial charge in [-0.1, -0.05) is 12.1 Å². The van der Waals surface area contributed by atoms with Crippen LogP contribution < -0.4 is 15.5 Å². The number of anilines is 1. The van der Waals surface area contributed by atoms with Gasteiger partial charge in [-0.05, 0) is 36.4 Å². The quantitative estimate of drug-likeness (QED) is 0.620. The van der Waals surface area contributed by atoms with E-state index in [1.165, 1.54) is 0 Å². The molecular formula is C23H18N2O6. The second kappa shape index (κ2) is 7.63. The van der Waals surface area contributed by atoms with Crippen LogP contribution in [0.1, 0.15) is 17.7 Å². The molecular weight excluding hydrogens is 400 g/mol. The summed E-state index contributed by atoms with van der Waals surface area (Å²) in [5, 5.41) is 24.3. The summed E-state index contributed by atoms with van der Waals surface area (Å²) in [4.78, 5) is 25.8. The van der Waals surface area contributed by atoms with E-state index in [1.54, 1.807) is 55.6 Å². The monoisotopic (exact) mass is 418 g/mol. The topological polar surface area (TPSA) is 122 Å². The van der Waals surface area contributed by atoms with Gasteiger partial charge in [0, 0.05) is 12.1 Å². The summed E-state index contributed by atoms with van der Waals surface area (Å²) in [7, 11) is 2.65. The zero-order valence-corrected chi connectivity index (χ0v) is 16.8. The molecule has 2 aromatic carbocycles. The summed E-state index contributed by atoms with van der Waals surface area (Å²) in [6.45, 7) is 0. The Balaban J connectivity index is 1.99. The predicted octanol–water partition coefficient (Wildman–Crippen LogP) is 2.91. The van der Waals surface area contributed by atoms with Crippen LogP contribution in [-0.2, 0) is 15.1 Å². The number of methoxy groups -OCH3 is 2. The highest BCUT2D eigenvalue weighted by Gasteiger charge is 2.49. The lowest BCUT2D eigenvalue weighted by atomic mass is 9.80. The minimum absolute atomic E-state index is 0.0367. The average Bonchev–Trinajstić information content (AvgIpc) is 2.80. The van der Waals surface area contributed by atoms with Crippen LogP contribution in [0.4, 0.5) is 5.69 Å². The van der Waals surface area contributed by atoms with Crippen LogP contribution in [-0.4, -0.2) is 25.3 Å². The number of rotatable bonds is 4. The van der Waals surface area contributed by atoms with Crippen molar-refractivity contribution >= 4 is 28.3 Å². The molecule has 156 valence electrons. The lowest BCUT2D eigenvalue weighted by Gasteiger charge is -2.31. The second-order valence-corrected chi connectivity index (χ2v) is 6.98. The van der Waals surface area contributed by atoms with Gasteiger partial charge in [0.2, 0.25) is 0 Å². The molecule has 31 heavy (non-hydrogen) atoms. The third-order valence-electron chi connectivity index (χ3n) is 5.19. The molecule has 1 aliphatic rings. The van der Waals surface area contributed by atoms with Crippen LogP contribution in [0, 0.1) is 11.3 Å². The van der Waals surface area contributed by atoms with Crippen molar-refractivity contribution in [2.75, 3.05) is 19.5 Å². The third kappa shape index (κ3) is 3.21. The number of hydrogen-bond acceptors (Lipinski definition) is 8. The van der Waals surface area contributed by atoms with Crippen molar-refractivity contribution < 1.29 is 23.8 Å². The average molecular weight is 418 g/mol.